The zero-order valence-corrected chi connectivity index (χ0v) is 11.1. The fraction of sp³-hybridized carbons (Fsp3) is 0.923. The van der Waals surface area contributed by atoms with Crippen LogP contribution in [0.25, 0.3) is 0 Å². The van der Waals surface area contributed by atoms with Gasteiger partial charge in [-0.15, -0.1) is 0 Å². The third kappa shape index (κ3) is 1.69. The first-order valence-corrected chi connectivity index (χ1v) is 6.76. The van der Waals surface area contributed by atoms with Gasteiger partial charge in [-0.1, -0.05) is 0 Å². The van der Waals surface area contributed by atoms with Crippen LogP contribution in [-0.4, -0.2) is 51.3 Å². The van der Waals surface area contributed by atoms with Crippen molar-refractivity contribution in [3.8, 4) is 0 Å². The van der Waals surface area contributed by atoms with E-state index in [-0.39, 0.29) is 22.9 Å². The van der Waals surface area contributed by atoms with Crippen molar-refractivity contribution in [2.45, 2.75) is 26.9 Å². The molecule has 4 heterocycles. The largest absolute Gasteiger partial charge is 0.460 e. The Balaban J connectivity index is 1.97. The highest BCUT2D eigenvalue weighted by Crippen LogP contribution is 2.39. The molecule has 0 aromatic heterocycles. The first-order chi connectivity index (χ1) is 7.91. The van der Waals surface area contributed by atoms with Crippen LogP contribution in [-0.2, 0) is 9.53 Å². The van der Waals surface area contributed by atoms with Crippen molar-refractivity contribution < 1.29 is 19.3 Å². The van der Waals surface area contributed by atoms with Gasteiger partial charge in [-0.3, -0.25) is 4.79 Å². The van der Waals surface area contributed by atoms with Gasteiger partial charge in [-0.25, -0.2) is 0 Å². The van der Waals surface area contributed by atoms with E-state index < -0.39 is 0 Å². The minimum absolute atomic E-state index is 0.112. The van der Waals surface area contributed by atoms with Gasteiger partial charge in [-0.05, 0) is 13.8 Å². The van der Waals surface area contributed by atoms with E-state index >= 15 is 0 Å². The van der Waals surface area contributed by atoms with E-state index in [1.807, 2.05) is 0 Å². The van der Waals surface area contributed by atoms with Gasteiger partial charge in [0.15, 0.2) is 0 Å². The van der Waals surface area contributed by atoms with E-state index in [0.717, 1.165) is 0 Å². The summed E-state index contributed by atoms with van der Waals surface area (Å²) in [5.74, 6) is -0.112. The molecule has 2 N–H and O–H groups in total. The summed E-state index contributed by atoms with van der Waals surface area (Å²) in [7, 11) is 0. The number of fused-ring (bicyclic) bond motifs is 1. The van der Waals surface area contributed by atoms with Crippen molar-refractivity contribution in [1.29, 1.82) is 0 Å². The number of carbonyl (C=O) groups is 1. The normalized spacial score (nSPS) is 52.3. The maximum atomic E-state index is 11.4. The van der Waals surface area contributed by atoms with Gasteiger partial charge in [0.1, 0.15) is 30.0 Å². The molecule has 0 saturated carbocycles. The molecule has 4 aliphatic rings. The predicted molar refractivity (Wildman–Crippen MR) is 62.9 cm³/mol. The van der Waals surface area contributed by atoms with Crippen LogP contribution in [0.3, 0.4) is 0 Å². The third-order valence-corrected chi connectivity index (χ3v) is 5.00. The van der Waals surface area contributed by atoms with Crippen molar-refractivity contribution in [2.24, 2.45) is 10.8 Å². The zero-order valence-electron chi connectivity index (χ0n) is 11.1. The molecule has 0 atom stereocenters. The summed E-state index contributed by atoms with van der Waals surface area (Å²) >= 11 is 0. The molecule has 0 unspecified atom stereocenters. The van der Waals surface area contributed by atoms with Gasteiger partial charge >= 0.3 is 5.97 Å². The van der Waals surface area contributed by atoms with Crippen LogP contribution in [0.4, 0.5) is 0 Å². The maximum Gasteiger partial charge on any atom is 0.302 e. The van der Waals surface area contributed by atoms with Crippen LogP contribution in [0.15, 0.2) is 0 Å². The number of esters is 1. The van der Waals surface area contributed by atoms with Gasteiger partial charge in [0.25, 0.3) is 0 Å². The van der Waals surface area contributed by atoms with Crippen molar-refractivity contribution in [3.63, 3.8) is 0 Å². The van der Waals surface area contributed by atoms with Crippen LogP contribution in [0.5, 0.6) is 0 Å². The molecule has 4 saturated heterocycles. The van der Waals surface area contributed by atoms with Gasteiger partial charge in [0.05, 0.1) is 26.2 Å². The molecular weight excluding hydrogens is 216 g/mol. The minimum atomic E-state index is -0.112. The lowest BCUT2D eigenvalue weighted by molar-refractivity contribution is -0.918. The Morgan fingerprint density at radius 2 is 1.47 bits per heavy atom. The zero-order chi connectivity index (χ0) is 12.3. The molecule has 17 heavy (non-hydrogen) atoms. The lowest BCUT2D eigenvalue weighted by Gasteiger charge is -2.53. The van der Waals surface area contributed by atoms with Crippen LogP contribution in [0.2, 0.25) is 0 Å². The van der Waals surface area contributed by atoms with Crippen molar-refractivity contribution >= 4 is 5.97 Å². The Bertz CT molecular complexity index is 317. The molecule has 4 bridgehead atoms. The van der Waals surface area contributed by atoms with E-state index in [4.69, 9.17) is 4.74 Å². The molecule has 0 spiro atoms. The molecule has 0 amide bonds. The van der Waals surface area contributed by atoms with Crippen molar-refractivity contribution in [1.82, 2.24) is 0 Å². The van der Waals surface area contributed by atoms with Crippen molar-refractivity contribution in [2.75, 3.05) is 39.3 Å². The standard InChI is InChI=1S/C13H22N2O2/c1-10(16)17-11-12(2)6-14-4-5-15(7-12)9-13(11,3)8-14/h11H,4-9H2,1-3H3/p+2. The fourth-order valence-corrected chi connectivity index (χ4v) is 4.90. The number of piperidine rings is 2. The van der Waals surface area contributed by atoms with Crippen LogP contribution < -0.4 is 9.80 Å². The molecule has 4 rings (SSSR count). The second-order valence-electron chi connectivity index (χ2n) is 7.00. The summed E-state index contributed by atoms with van der Waals surface area (Å²) in [6.45, 7) is 13.4. The Labute approximate surface area is 103 Å². The molecular formula is C13H24N2O2+2. The lowest BCUT2D eigenvalue weighted by atomic mass is 9.63. The van der Waals surface area contributed by atoms with Gasteiger partial charge in [0, 0.05) is 6.92 Å². The molecule has 0 aromatic carbocycles. The lowest BCUT2D eigenvalue weighted by Crippen LogP contribution is -3.18. The average Bonchev–Trinajstić information content (AvgIpc) is 2.38. The molecule has 0 aromatic rings. The first kappa shape index (κ1) is 11.5. The summed E-state index contributed by atoms with van der Waals surface area (Å²) < 4.78 is 5.72. The maximum absolute atomic E-state index is 11.4. The minimum Gasteiger partial charge on any atom is -0.460 e. The number of nitrogens with one attached hydrogen (secondary N) is 2. The Morgan fingerprint density at radius 3 is 1.82 bits per heavy atom. The van der Waals surface area contributed by atoms with E-state index in [0.29, 0.717) is 0 Å². The van der Waals surface area contributed by atoms with Crippen LogP contribution in [0.1, 0.15) is 20.8 Å². The van der Waals surface area contributed by atoms with Crippen molar-refractivity contribution in [3.05, 3.63) is 0 Å². The summed E-state index contributed by atoms with van der Waals surface area (Å²) in [5, 5.41) is 0. The summed E-state index contributed by atoms with van der Waals surface area (Å²) in [6, 6.07) is 0. The van der Waals surface area contributed by atoms with Crippen LogP contribution in [0, 0.1) is 10.8 Å². The number of quaternary nitrogens is 2. The Kier molecular flexibility index (Phi) is 2.33. The van der Waals surface area contributed by atoms with Crippen LogP contribution >= 0.6 is 0 Å². The molecule has 0 aliphatic carbocycles. The highest BCUT2D eigenvalue weighted by molar-refractivity contribution is 5.66. The number of carbonyl (C=O) groups excluding carboxylic acids is 1. The number of rotatable bonds is 1. The van der Waals surface area contributed by atoms with Gasteiger partial charge in [-0.2, -0.15) is 0 Å². The van der Waals surface area contributed by atoms with E-state index in [9.17, 15) is 4.79 Å². The second-order valence-corrected chi connectivity index (χ2v) is 7.00. The van der Waals surface area contributed by atoms with E-state index in [1.165, 1.54) is 39.3 Å². The highest BCUT2D eigenvalue weighted by atomic mass is 16.5. The van der Waals surface area contributed by atoms with E-state index in [2.05, 4.69) is 13.8 Å². The average molecular weight is 240 g/mol. The SMILES string of the molecule is CC(=O)OC1C2(C)C[NH+]3CC[NH+](C2)CC1(C)C3. The summed E-state index contributed by atoms with van der Waals surface area (Å²) in [6.07, 6.45) is 0.123. The van der Waals surface area contributed by atoms with Gasteiger partial charge in [0.2, 0.25) is 0 Å². The quantitative estimate of drug-likeness (QED) is 0.508. The van der Waals surface area contributed by atoms with Gasteiger partial charge < -0.3 is 14.5 Å². The predicted octanol–water partition coefficient (Wildman–Crippen LogP) is -2.26. The number of hydrogen-bond acceptors (Lipinski definition) is 2. The summed E-state index contributed by atoms with van der Waals surface area (Å²) in [5.41, 5.74) is 0.357. The Morgan fingerprint density at radius 1 is 1.06 bits per heavy atom. The summed E-state index contributed by atoms with van der Waals surface area (Å²) in [4.78, 5) is 14.8. The monoisotopic (exact) mass is 240 g/mol. The second kappa shape index (κ2) is 3.45. The first-order valence-electron chi connectivity index (χ1n) is 6.76. The third-order valence-electron chi connectivity index (χ3n) is 5.00. The molecule has 4 fully saturated rings. The molecule has 4 heteroatoms. The van der Waals surface area contributed by atoms with E-state index in [1.54, 1.807) is 16.7 Å². The topological polar surface area (TPSA) is 35.2 Å². The smallest absolute Gasteiger partial charge is 0.302 e. The number of ether oxygens (including phenoxy) is 1. The highest BCUT2D eigenvalue weighted by Gasteiger charge is 2.64. The fourth-order valence-electron chi connectivity index (χ4n) is 4.90. The molecule has 0 radical (unpaired) electrons. The molecule has 4 aliphatic heterocycles. The number of hydrogen-bond donors (Lipinski definition) is 2. The molecule has 4 nitrogen and oxygen atoms in total. The molecule has 96 valence electrons. The Hall–Kier alpha value is -0.610.